The summed E-state index contributed by atoms with van der Waals surface area (Å²) < 4.78 is 5.44. The fourth-order valence-electron chi connectivity index (χ4n) is 3.71. The Morgan fingerprint density at radius 2 is 1.83 bits per heavy atom. The Morgan fingerprint density at radius 3 is 2.38 bits per heavy atom. The van der Waals surface area contributed by atoms with E-state index in [2.05, 4.69) is 15.2 Å². The average molecular weight is 401 g/mol. The van der Waals surface area contributed by atoms with Crippen LogP contribution in [0.4, 0.5) is 0 Å². The van der Waals surface area contributed by atoms with Gasteiger partial charge in [-0.05, 0) is 50.0 Å². The summed E-state index contributed by atoms with van der Waals surface area (Å²) in [6, 6.07) is 5.72. The van der Waals surface area contributed by atoms with E-state index in [1.165, 1.54) is 25.9 Å². The second kappa shape index (κ2) is 8.87. The number of amides is 1. The van der Waals surface area contributed by atoms with Gasteiger partial charge in [0.25, 0.3) is 5.91 Å². The summed E-state index contributed by atoms with van der Waals surface area (Å²) in [5, 5.41) is 18.8. The van der Waals surface area contributed by atoms with Crippen molar-refractivity contribution in [3.8, 4) is 0 Å². The lowest BCUT2D eigenvalue weighted by atomic mass is 9.84. The van der Waals surface area contributed by atoms with E-state index in [1.807, 2.05) is 25.1 Å². The first-order chi connectivity index (χ1) is 13.8. The molecule has 3 saturated heterocycles. The average Bonchev–Trinajstić information content (AvgIpc) is 3.07. The minimum atomic E-state index is -1.26. The smallest absolute Gasteiger partial charge is 0.328 e. The highest BCUT2D eigenvalue weighted by Gasteiger charge is 2.34. The number of benzene rings is 1. The van der Waals surface area contributed by atoms with Crippen molar-refractivity contribution in [3.05, 3.63) is 41.8 Å². The Labute approximate surface area is 167 Å². The molecule has 3 aliphatic rings. The second-order valence-electron chi connectivity index (χ2n) is 7.14. The number of hydrogen-bond donors (Lipinski definition) is 3. The lowest BCUT2D eigenvalue weighted by molar-refractivity contribution is -0.134. The summed E-state index contributed by atoms with van der Waals surface area (Å²) in [7, 11) is 0. The number of carboxylic acid groups (broad SMARTS) is 2. The van der Waals surface area contributed by atoms with Crippen LogP contribution in [0.3, 0.4) is 0 Å². The summed E-state index contributed by atoms with van der Waals surface area (Å²) >= 11 is 0. The van der Waals surface area contributed by atoms with Crippen molar-refractivity contribution in [2.75, 3.05) is 19.6 Å². The number of carbonyl (C=O) groups is 3. The maximum absolute atomic E-state index is 12.5. The number of aryl methyl sites for hydroxylation is 1. The van der Waals surface area contributed by atoms with Crippen LogP contribution in [0.5, 0.6) is 0 Å². The molecule has 3 N–H and O–H groups in total. The number of carboxylic acids is 2. The fraction of sp³-hybridized carbons (Fsp3) is 0.400. The van der Waals surface area contributed by atoms with Crippen molar-refractivity contribution in [3.63, 3.8) is 0 Å². The van der Waals surface area contributed by atoms with Crippen LogP contribution in [0.1, 0.15) is 29.1 Å². The van der Waals surface area contributed by atoms with E-state index >= 15 is 0 Å². The van der Waals surface area contributed by atoms with E-state index in [-0.39, 0.29) is 11.9 Å². The molecule has 3 fully saturated rings. The molecule has 9 heteroatoms. The minimum Gasteiger partial charge on any atom is -0.478 e. The molecule has 0 unspecified atom stereocenters. The zero-order valence-electron chi connectivity index (χ0n) is 16.0. The van der Waals surface area contributed by atoms with Gasteiger partial charge in [-0.2, -0.15) is 0 Å². The number of hydrogen-bond acceptors (Lipinski definition) is 6. The van der Waals surface area contributed by atoms with E-state index in [0.29, 0.717) is 29.5 Å². The van der Waals surface area contributed by atoms with Gasteiger partial charge in [0.2, 0.25) is 0 Å². The number of oxazole rings is 1. The van der Waals surface area contributed by atoms with Crippen LogP contribution in [-0.4, -0.2) is 63.6 Å². The van der Waals surface area contributed by atoms with Crippen molar-refractivity contribution >= 4 is 28.9 Å². The summed E-state index contributed by atoms with van der Waals surface area (Å²) in [4.78, 5) is 38.3. The zero-order valence-corrected chi connectivity index (χ0v) is 16.0. The normalized spacial score (nSPS) is 22.9. The largest absolute Gasteiger partial charge is 0.478 e. The molecule has 9 nitrogen and oxygen atoms in total. The van der Waals surface area contributed by atoms with Gasteiger partial charge in [0.1, 0.15) is 5.52 Å². The highest BCUT2D eigenvalue weighted by Crippen LogP contribution is 2.27. The van der Waals surface area contributed by atoms with E-state index in [9.17, 15) is 14.4 Å². The molecular formula is C20H23N3O6. The third-order valence-corrected chi connectivity index (χ3v) is 5.10. The number of nitrogens with one attached hydrogen (secondary N) is 1. The SMILES string of the molecule is Cc1nc2cc(C(=O)N[C@H]3CN4CCC3CC4)ccc2o1.O=C(O)/C=C/C(=O)O. The topological polar surface area (TPSA) is 133 Å². The number of aromatic nitrogens is 1. The van der Waals surface area contributed by atoms with Crippen molar-refractivity contribution in [2.45, 2.75) is 25.8 Å². The standard InChI is InChI=1S/C16H19N3O2.C4H4O4/c1-10-17-13-8-12(2-3-15(13)21-10)16(20)18-14-9-19-6-4-11(14)5-7-19;5-3(6)1-2-4(7)8/h2-3,8,11,14H,4-7,9H2,1H3,(H,18,20);1-2H,(H,5,6)(H,7,8)/b;2-1+/t14-;/m0./s1. The lowest BCUT2D eigenvalue weighted by Gasteiger charge is -2.44. The van der Waals surface area contributed by atoms with Crippen LogP contribution in [0.15, 0.2) is 34.8 Å². The molecular weight excluding hydrogens is 378 g/mol. The van der Waals surface area contributed by atoms with Gasteiger partial charge in [-0.15, -0.1) is 0 Å². The summed E-state index contributed by atoms with van der Waals surface area (Å²) in [6.07, 6.45) is 3.52. The number of nitrogens with zero attached hydrogens (tertiary/aromatic N) is 2. The summed E-state index contributed by atoms with van der Waals surface area (Å²) in [5.74, 6) is -1.26. The molecule has 2 bridgehead atoms. The van der Waals surface area contributed by atoms with Gasteiger partial charge in [0, 0.05) is 37.2 Å². The Balaban J connectivity index is 0.000000258. The van der Waals surface area contributed by atoms with Crippen LogP contribution in [0.25, 0.3) is 11.1 Å². The molecule has 1 atom stereocenters. The van der Waals surface area contributed by atoms with Crippen LogP contribution in [-0.2, 0) is 9.59 Å². The highest BCUT2D eigenvalue weighted by atomic mass is 16.4. The molecule has 5 rings (SSSR count). The van der Waals surface area contributed by atoms with E-state index < -0.39 is 11.9 Å². The maximum Gasteiger partial charge on any atom is 0.328 e. The summed E-state index contributed by atoms with van der Waals surface area (Å²) in [5.41, 5.74) is 2.13. The van der Waals surface area contributed by atoms with Crippen molar-refractivity contribution in [2.24, 2.45) is 5.92 Å². The van der Waals surface area contributed by atoms with Crippen LogP contribution < -0.4 is 5.32 Å². The van der Waals surface area contributed by atoms with Crippen molar-refractivity contribution in [1.29, 1.82) is 0 Å². The predicted molar refractivity (Wildman–Crippen MR) is 104 cm³/mol. The van der Waals surface area contributed by atoms with E-state index in [1.54, 1.807) is 0 Å². The van der Waals surface area contributed by atoms with E-state index in [4.69, 9.17) is 14.6 Å². The first-order valence-corrected chi connectivity index (χ1v) is 9.36. The number of piperidine rings is 3. The van der Waals surface area contributed by atoms with Gasteiger partial charge in [-0.3, -0.25) is 4.79 Å². The number of carbonyl (C=O) groups excluding carboxylic acids is 1. The molecule has 1 aromatic carbocycles. The van der Waals surface area contributed by atoms with Crippen molar-refractivity contribution in [1.82, 2.24) is 15.2 Å². The summed E-state index contributed by atoms with van der Waals surface area (Å²) in [6.45, 7) is 5.16. The van der Waals surface area contributed by atoms with Gasteiger partial charge in [-0.25, -0.2) is 14.6 Å². The zero-order chi connectivity index (χ0) is 21.0. The van der Waals surface area contributed by atoms with Crippen molar-refractivity contribution < 1.29 is 29.0 Å². The molecule has 154 valence electrons. The predicted octanol–water partition coefficient (Wildman–Crippen LogP) is 1.67. The van der Waals surface area contributed by atoms with Gasteiger partial charge in [0.05, 0.1) is 0 Å². The molecule has 4 heterocycles. The monoisotopic (exact) mass is 401 g/mol. The molecule has 2 aromatic rings. The molecule has 1 amide bonds. The maximum atomic E-state index is 12.5. The highest BCUT2D eigenvalue weighted by molar-refractivity contribution is 5.97. The molecule has 3 aliphatic heterocycles. The first-order valence-electron chi connectivity index (χ1n) is 9.36. The van der Waals surface area contributed by atoms with Gasteiger partial charge in [-0.1, -0.05) is 0 Å². The molecule has 0 saturated carbocycles. The van der Waals surface area contributed by atoms with Crippen LogP contribution >= 0.6 is 0 Å². The molecule has 29 heavy (non-hydrogen) atoms. The molecule has 1 aromatic heterocycles. The third-order valence-electron chi connectivity index (χ3n) is 5.10. The van der Waals surface area contributed by atoms with Gasteiger partial charge < -0.3 is 24.8 Å². The van der Waals surface area contributed by atoms with Gasteiger partial charge >= 0.3 is 11.9 Å². The third kappa shape index (κ3) is 5.41. The number of fused-ring (bicyclic) bond motifs is 4. The minimum absolute atomic E-state index is 0.00342. The number of rotatable bonds is 4. The Bertz CT molecular complexity index is 927. The number of aliphatic carboxylic acids is 2. The first kappa shape index (κ1) is 20.5. The van der Waals surface area contributed by atoms with Gasteiger partial charge in [0.15, 0.2) is 11.5 Å². The Morgan fingerprint density at radius 1 is 1.17 bits per heavy atom. The Kier molecular flexibility index (Phi) is 6.28. The van der Waals surface area contributed by atoms with Crippen LogP contribution in [0.2, 0.25) is 0 Å². The fourth-order valence-corrected chi connectivity index (χ4v) is 3.71. The Hall–Kier alpha value is -3.20. The van der Waals surface area contributed by atoms with E-state index in [0.717, 1.165) is 17.6 Å². The molecule has 0 spiro atoms. The molecule has 0 aliphatic carbocycles. The second-order valence-corrected chi connectivity index (χ2v) is 7.14. The van der Waals surface area contributed by atoms with Crippen LogP contribution in [0, 0.1) is 12.8 Å². The quantitative estimate of drug-likeness (QED) is 0.659. The molecule has 0 radical (unpaired) electrons. The lowest BCUT2D eigenvalue weighted by Crippen LogP contribution is -2.57.